The summed E-state index contributed by atoms with van der Waals surface area (Å²) in [4.78, 5) is 24.8. The van der Waals surface area contributed by atoms with Gasteiger partial charge < -0.3 is 15.8 Å². The summed E-state index contributed by atoms with van der Waals surface area (Å²) in [6.07, 6.45) is 0.678. The molecule has 0 unspecified atom stereocenters. The Labute approximate surface area is 149 Å². The van der Waals surface area contributed by atoms with E-state index in [1.165, 1.54) is 11.3 Å². The Morgan fingerprint density at radius 3 is 2.62 bits per heavy atom. The fourth-order valence-electron chi connectivity index (χ4n) is 2.43. The van der Waals surface area contributed by atoms with Gasteiger partial charge in [-0.25, -0.2) is 0 Å². The zero-order valence-corrected chi connectivity index (χ0v) is 15.3. The molecule has 7 heteroatoms. The number of nitrogens with two attached hydrogens (primary N) is 1. The summed E-state index contributed by atoms with van der Waals surface area (Å²) in [7, 11) is 0. The number of carbonyl (C=O) groups excluding carboxylic acids is 2. The van der Waals surface area contributed by atoms with Crippen LogP contribution in [0.2, 0.25) is 5.02 Å². The van der Waals surface area contributed by atoms with Gasteiger partial charge in [0.1, 0.15) is 10.8 Å². The van der Waals surface area contributed by atoms with Crippen LogP contribution in [-0.4, -0.2) is 18.4 Å². The van der Waals surface area contributed by atoms with Gasteiger partial charge in [-0.05, 0) is 49.6 Å². The standard InChI is InChI=1S/C17H19ClN2O3S/c1-4-12-10(3)24-17(15(12)16(19)22)20-14(21)8-23-13-6-5-11(18)7-9(13)2/h5-7H,4,8H2,1-3H3,(H2,19,22)(H,20,21). The van der Waals surface area contributed by atoms with E-state index < -0.39 is 5.91 Å². The lowest BCUT2D eigenvalue weighted by Gasteiger charge is -2.10. The molecule has 2 aromatic rings. The lowest BCUT2D eigenvalue weighted by Crippen LogP contribution is -2.22. The Bertz CT molecular complexity index is 786. The minimum absolute atomic E-state index is 0.168. The van der Waals surface area contributed by atoms with E-state index in [2.05, 4.69) is 5.32 Å². The number of carbonyl (C=O) groups is 2. The zero-order chi connectivity index (χ0) is 17.9. The number of hydrogen-bond acceptors (Lipinski definition) is 4. The fourth-order valence-corrected chi connectivity index (χ4v) is 3.83. The summed E-state index contributed by atoms with van der Waals surface area (Å²) in [5, 5.41) is 3.79. The van der Waals surface area contributed by atoms with Crippen molar-refractivity contribution in [1.82, 2.24) is 0 Å². The van der Waals surface area contributed by atoms with Gasteiger partial charge in [0.05, 0.1) is 5.56 Å². The SMILES string of the molecule is CCc1c(C)sc(NC(=O)COc2ccc(Cl)cc2C)c1C(N)=O. The van der Waals surface area contributed by atoms with Crippen molar-refractivity contribution in [2.24, 2.45) is 5.73 Å². The van der Waals surface area contributed by atoms with E-state index in [1.807, 2.05) is 20.8 Å². The van der Waals surface area contributed by atoms with Crippen LogP contribution >= 0.6 is 22.9 Å². The molecular formula is C17H19ClN2O3S. The molecule has 0 saturated heterocycles. The van der Waals surface area contributed by atoms with E-state index in [0.29, 0.717) is 27.8 Å². The number of aryl methyl sites for hydroxylation is 2. The van der Waals surface area contributed by atoms with Crippen molar-refractivity contribution >= 4 is 39.8 Å². The minimum atomic E-state index is -0.541. The number of nitrogens with one attached hydrogen (secondary N) is 1. The minimum Gasteiger partial charge on any atom is -0.483 e. The molecule has 5 nitrogen and oxygen atoms in total. The number of hydrogen-bond donors (Lipinski definition) is 2. The van der Waals surface area contributed by atoms with Crippen LogP contribution in [0.5, 0.6) is 5.75 Å². The van der Waals surface area contributed by atoms with E-state index >= 15 is 0 Å². The monoisotopic (exact) mass is 366 g/mol. The largest absolute Gasteiger partial charge is 0.483 e. The first-order chi connectivity index (χ1) is 11.3. The topological polar surface area (TPSA) is 81.4 Å². The Morgan fingerprint density at radius 1 is 1.33 bits per heavy atom. The zero-order valence-electron chi connectivity index (χ0n) is 13.7. The highest BCUT2D eigenvalue weighted by atomic mass is 35.5. The van der Waals surface area contributed by atoms with Crippen molar-refractivity contribution in [3.8, 4) is 5.75 Å². The first-order valence-electron chi connectivity index (χ1n) is 7.44. The highest BCUT2D eigenvalue weighted by Gasteiger charge is 2.20. The molecule has 24 heavy (non-hydrogen) atoms. The van der Waals surface area contributed by atoms with Crippen molar-refractivity contribution < 1.29 is 14.3 Å². The molecule has 0 saturated carbocycles. The number of halogens is 1. The number of benzene rings is 1. The molecule has 0 bridgehead atoms. The second-order valence-electron chi connectivity index (χ2n) is 5.31. The molecule has 0 atom stereocenters. The van der Waals surface area contributed by atoms with Gasteiger partial charge in [-0.15, -0.1) is 11.3 Å². The third-order valence-corrected chi connectivity index (χ3v) is 4.86. The van der Waals surface area contributed by atoms with Crippen molar-refractivity contribution in [2.45, 2.75) is 27.2 Å². The first kappa shape index (κ1) is 18.3. The van der Waals surface area contributed by atoms with E-state index in [9.17, 15) is 9.59 Å². The third kappa shape index (κ3) is 4.07. The average molecular weight is 367 g/mol. The molecule has 1 aromatic carbocycles. The molecule has 0 fully saturated rings. The molecule has 2 rings (SSSR count). The van der Waals surface area contributed by atoms with E-state index in [0.717, 1.165) is 16.0 Å². The van der Waals surface area contributed by atoms with E-state index in [-0.39, 0.29) is 12.5 Å². The van der Waals surface area contributed by atoms with Gasteiger partial charge in [0, 0.05) is 9.90 Å². The highest BCUT2D eigenvalue weighted by Crippen LogP contribution is 2.33. The van der Waals surface area contributed by atoms with Gasteiger partial charge in [-0.3, -0.25) is 9.59 Å². The molecule has 0 aliphatic rings. The smallest absolute Gasteiger partial charge is 0.262 e. The maximum atomic E-state index is 12.1. The maximum Gasteiger partial charge on any atom is 0.262 e. The number of rotatable bonds is 6. The predicted octanol–water partition coefficient (Wildman–Crippen LogP) is 3.70. The molecular weight excluding hydrogens is 348 g/mol. The molecule has 0 spiro atoms. The molecule has 0 aliphatic carbocycles. The second kappa shape index (κ2) is 7.68. The van der Waals surface area contributed by atoms with Crippen LogP contribution in [0.4, 0.5) is 5.00 Å². The quantitative estimate of drug-likeness (QED) is 0.817. The van der Waals surface area contributed by atoms with Gasteiger partial charge in [-0.2, -0.15) is 0 Å². The van der Waals surface area contributed by atoms with Gasteiger partial charge in [0.2, 0.25) is 0 Å². The van der Waals surface area contributed by atoms with Crippen molar-refractivity contribution in [1.29, 1.82) is 0 Å². The highest BCUT2D eigenvalue weighted by molar-refractivity contribution is 7.16. The summed E-state index contributed by atoms with van der Waals surface area (Å²) in [5.74, 6) is -0.307. The molecule has 2 amide bonds. The lowest BCUT2D eigenvalue weighted by molar-refractivity contribution is -0.118. The van der Waals surface area contributed by atoms with E-state index in [4.69, 9.17) is 22.1 Å². The number of anilines is 1. The van der Waals surface area contributed by atoms with Crippen LogP contribution in [0.1, 0.15) is 33.3 Å². The normalized spacial score (nSPS) is 10.5. The number of ether oxygens (including phenoxy) is 1. The molecule has 1 heterocycles. The van der Waals surface area contributed by atoms with Crippen LogP contribution in [0.15, 0.2) is 18.2 Å². The van der Waals surface area contributed by atoms with Gasteiger partial charge in [0.15, 0.2) is 6.61 Å². The lowest BCUT2D eigenvalue weighted by atomic mass is 10.1. The van der Waals surface area contributed by atoms with Gasteiger partial charge in [0.25, 0.3) is 11.8 Å². The van der Waals surface area contributed by atoms with Crippen LogP contribution in [0.3, 0.4) is 0 Å². The second-order valence-corrected chi connectivity index (χ2v) is 6.97. The summed E-state index contributed by atoms with van der Waals surface area (Å²) < 4.78 is 5.51. The van der Waals surface area contributed by atoms with Crippen molar-refractivity contribution in [3.63, 3.8) is 0 Å². The van der Waals surface area contributed by atoms with Crippen LogP contribution in [0, 0.1) is 13.8 Å². The Morgan fingerprint density at radius 2 is 2.04 bits per heavy atom. The molecule has 0 radical (unpaired) electrons. The number of amides is 2. The summed E-state index contributed by atoms with van der Waals surface area (Å²) in [6.45, 7) is 5.53. The van der Waals surface area contributed by atoms with Crippen LogP contribution in [-0.2, 0) is 11.2 Å². The Hall–Kier alpha value is -2.05. The Balaban J connectivity index is 2.09. The van der Waals surface area contributed by atoms with Crippen LogP contribution in [0.25, 0.3) is 0 Å². The number of primary amides is 1. The molecule has 3 N–H and O–H groups in total. The summed E-state index contributed by atoms with van der Waals surface area (Å²) in [5.41, 5.74) is 7.55. The third-order valence-electron chi connectivity index (χ3n) is 3.56. The Kier molecular flexibility index (Phi) is 5.85. The number of thiophene rings is 1. The van der Waals surface area contributed by atoms with Gasteiger partial charge >= 0.3 is 0 Å². The maximum absolute atomic E-state index is 12.1. The van der Waals surface area contributed by atoms with Gasteiger partial charge in [-0.1, -0.05) is 18.5 Å². The van der Waals surface area contributed by atoms with E-state index in [1.54, 1.807) is 18.2 Å². The van der Waals surface area contributed by atoms with Crippen molar-refractivity contribution in [3.05, 3.63) is 44.8 Å². The average Bonchev–Trinajstić information content (AvgIpc) is 2.81. The molecule has 128 valence electrons. The van der Waals surface area contributed by atoms with Crippen molar-refractivity contribution in [2.75, 3.05) is 11.9 Å². The predicted molar refractivity (Wildman–Crippen MR) is 97.3 cm³/mol. The summed E-state index contributed by atoms with van der Waals surface area (Å²) >= 11 is 7.23. The first-order valence-corrected chi connectivity index (χ1v) is 8.63. The molecule has 1 aromatic heterocycles. The molecule has 0 aliphatic heterocycles. The fraction of sp³-hybridized carbons (Fsp3) is 0.294. The van der Waals surface area contributed by atoms with Crippen LogP contribution < -0.4 is 15.8 Å². The summed E-state index contributed by atoms with van der Waals surface area (Å²) in [6, 6.07) is 5.17.